The van der Waals surface area contributed by atoms with Crippen molar-refractivity contribution in [1.29, 1.82) is 0 Å². The molecule has 0 aromatic heterocycles. The Morgan fingerprint density at radius 1 is 1.26 bits per heavy atom. The van der Waals surface area contributed by atoms with Gasteiger partial charge in [-0.05, 0) is 24.6 Å². The van der Waals surface area contributed by atoms with Crippen LogP contribution in [-0.2, 0) is 9.47 Å². The van der Waals surface area contributed by atoms with E-state index in [9.17, 15) is 4.79 Å². The Labute approximate surface area is 113 Å². The molecule has 1 aromatic carbocycles. The summed E-state index contributed by atoms with van der Waals surface area (Å²) in [6, 6.07) is 5.21. The van der Waals surface area contributed by atoms with E-state index >= 15 is 0 Å². The second kappa shape index (κ2) is 7.60. The van der Waals surface area contributed by atoms with Crippen LogP contribution in [0.15, 0.2) is 18.2 Å². The zero-order chi connectivity index (χ0) is 14.3. The molecule has 0 aliphatic heterocycles. The van der Waals surface area contributed by atoms with E-state index in [0.29, 0.717) is 11.4 Å². The van der Waals surface area contributed by atoms with Gasteiger partial charge in [-0.25, -0.2) is 4.79 Å². The summed E-state index contributed by atoms with van der Waals surface area (Å²) >= 11 is 0. The van der Waals surface area contributed by atoms with E-state index in [-0.39, 0.29) is 12.6 Å². The number of carbonyl (C=O) groups is 1. The smallest absolute Gasteiger partial charge is 0.319 e. The molecule has 0 unspecified atom stereocenters. The summed E-state index contributed by atoms with van der Waals surface area (Å²) in [6.07, 6.45) is -0.467. The molecule has 6 heteroatoms. The zero-order valence-corrected chi connectivity index (χ0v) is 11.6. The van der Waals surface area contributed by atoms with Gasteiger partial charge in [0, 0.05) is 14.2 Å². The number of rotatable bonds is 6. The van der Waals surface area contributed by atoms with Gasteiger partial charge in [-0.2, -0.15) is 0 Å². The summed E-state index contributed by atoms with van der Waals surface area (Å²) in [5.41, 5.74) is 1.65. The van der Waals surface area contributed by atoms with Gasteiger partial charge in [0.2, 0.25) is 0 Å². The van der Waals surface area contributed by atoms with Crippen molar-refractivity contribution < 1.29 is 19.0 Å². The quantitative estimate of drug-likeness (QED) is 0.771. The first-order valence-corrected chi connectivity index (χ1v) is 5.85. The van der Waals surface area contributed by atoms with E-state index in [1.54, 1.807) is 13.2 Å². The first kappa shape index (κ1) is 15.3. The van der Waals surface area contributed by atoms with Gasteiger partial charge < -0.3 is 24.8 Å². The van der Waals surface area contributed by atoms with Crippen LogP contribution in [0.2, 0.25) is 0 Å². The minimum absolute atomic E-state index is 0.257. The van der Waals surface area contributed by atoms with E-state index < -0.39 is 6.29 Å². The Balaban J connectivity index is 2.59. The van der Waals surface area contributed by atoms with Crippen molar-refractivity contribution >= 4 is 11.7 Å². The minimum atomic E-state index is -0.467. The van der Waals surface area contributed by atoms with E-state index in [1.807, 2.05) is 19.1 Å². The van der Waals surface area contributed by atoms with Crippen molar-refractivity contribution in [2.24, 2.45) is 0 Å². The number of hydrogen-bond donors (Lipinski definition) is 2. The summed E-state index contributed by atoms with van der Waals surface area (Å²) in [7, 11) is 4.58. The first-order valence-electron chi connectivity index (χ1n) is 5.85. The van der Waals surface area contributed by atoms with Gasteiger partial charge in [0.25, 0.3) is 0 Å². The maximum absolute atomic E-state index is 11.7. The van der Waals surface area contributed by atoms with Gasteiger partial charge in [-0.15, -0.1) is 0 Å². The lowest BCUT2D eigenvalue weighted by Crippen LogP contribution is -2.36. The fourth-order valence-electron chi connectivity index (χ4n) is 1.52. The molecule has 0 saturated heterocycles. The fraction of sp³-hybridized carbons (Fsp3) is 0.462. The van der Waals surface area contributed by atoms with Gasteiger partial charge in [-0.3, -0.25) is 0 Å². The van der Waals surface area contributed by atoms with Crippen LogP contribution in [0.4, 0.5) is 10.5 Å². The third kappa shape index (κ3) is 4.76. The predicted molar refractivity (Wildman–Crippen MR) is 72.6 cm³/mol. The second-order valence-corrected chi connectivity index (χ2v) is 3.94. The molecule has 2 amide bonds. The first-order chi connectivity index (χ1) is 9.10. The van der Waals surface area contributed by atoms with E-state index in [0.717, 1.165) is 5.56 Å². The number of anilines is 1. The van der Waals surface area contributed by atoms with Crippen LogP contribution in [0.25, 0.3) is 0 Å². The number of hydrogen-bond acceptors (Lipinski definition) is 4. The fourth-order valence-corrected chi connectivity index (χ4v) is 1.52. The zero-order valence-electron chi connectivity index (χ0n) is 11.6. The molecule has 0 spiro atoms. The standard InChI is InChI=1S/C13H20N2O4/c1-9-5-6-11(17-2)10(7-9)15-13(16)14-8-12(18-3)19-4/h5-7,12H,8H2,1-4H3,(H2,14,15,16). The van der Waals surface area contributed by atoms with Crippen LogP contribution < -0.4 is 15.4 Å². The lowest BCUT2D eigenvalue weighted by molar-refractivity contribution is -0.0970. The molecule has 0 aliphatic carbocycles. The van der Waals surface area contributed by atoms with Crippen molar-refractivity contribution in [3.8, 4) is 5.75 Å². The Kier molecular flexibility index (Phi) is 6.11. The van der Waals surface area contributed by atoms with Crippen LogP contribution in [0, 0.1) is 6.92 Å². The highest BCUT2D eigenvalue weighted by Crippen LogP contribution is 2.24. The Hall–Kier alpha value is -1.79. The number of nitrogens with one attached hydrogen (secondary N) is 2. The van der Waals surface area contributed by atoms with Gasteiger partial charge in [-0.1, -0.05) is 6.07 Å². The maximum atomic E-state index is 11.7. The van der Waals surface area contributed by atoms with E-state index in [4.69, 9.17) is 14.2 Å². The summed E-state index contributed by atoms with van der Waals surface area (Å²) in [5, 5.41) is 5.37. The topological polar surface area (TPSA) is 68.8 Å². The number of aryl methyl sites for hydroxylation is 1. The second-order valence-electron chi connectivity index (χ2n) is 3.94. The maximum Gasteiger partial charge on any atom is 0.319 e. The Bertz CT molecular complexity index is 419. The third-order valence-corrected chi connectivity index (χ3v) is 2.56. The van der Waals surface area contributed by atoms with E-state index in [2.05, 4.69) is 10.6 Å². The molecular formula is C13H20N2O4. The molecule has 106 valence electrons. The van der Waals surface area contributed by atoms with Gasteiger partial charge in [0.15, 0.2) is 6.29 Å². The molecule has 0 saturated carbocycles. The molecule has 19 heavy (non-hydrogen) atoms. The predicted octanol–water partition coefficient (Wildman–Crippen LogP) is 1.74. The molecule has 0 atom stereocenters. The molecule has 0 heterocycles. The average Bonchev–Trinajstić information content (AvgIpc) is 2.40. The third-order valence-electron chi connectivity index (χ3n) is 2.56. The van der Waals surface area contributed by atoms with Crippen LogP contribution in [0.1, 0.15) is 5.56 Å². The normalized spacial score (nSPS) is 10.4. The average molecular weight is 268 g/mol. The molecule has 1 rings (SSSR count). The number of carbonyl (C=O) groups excluding carboxylic acids is 1. The Morgan fingerprint density at radius 2 is 1.95 bits per heavy atom. The molecule has 0 bridgehead atoms. The molecule has 2 N–H and O–H groups in total. The van der Waals surface area contributed by atoms with Crippen molar-refractivity contribution in [2.75, 3.05) is 33.2 Å². The van der Waals surface area contributed by atoms with Crippen LogP contribution in [0.5, 0.6) is 5.75 Å². The van der Waals surface area contributed by atoms with Crippen molar-refractivity contribution in [2.45, 2.75) is 13.2 Å². The van der Waals surface area contributed by atoms with Crippen molar-refractivity contribution in [3.63, 3.8) is 0 Å². The van der Waals surface area contributed by atoms with Crippen LogP contribution in [-0.4, -0.2) is 40.2 Å². The molecule has 6 nitrogen and oxygen atoms in total. The van der Waals surface area contributed by atoms with Crippen LogP contribution >= 0.6 is 0 Å². The number of ether oxygens (including phenoxy) is 3. The number of benzene rings is 1. The summed E-state index contributed by atoms with van der Waals surface area (Å²) in [6.45, 7) is 2.20. The van der Waals surface area contributed by atoms with Crippen molar-refractivity contribution in [3.05, 3.63) is 23.8 Å². The molecule has 0 radical (unpaired) electrons. The van der Waals surface area contributed by atoms with Gasteiger partial charge in [0.1, 0.15) is 5.75 Å². The molecule has 0 aliphatic rings. The molecule has 1 aromatic rings. The van der Waals surface area contributed by atoms with Crippen molar-refractivity contribution in [1.82, 2.24) is 5.32 Å². The summed E-state index contributed by atoms with van der Waals surface area (Å²) < 4.78 is 15.1. The largest absolute Gasteiger partial charge is 0.495 e. The van der Waals surface area contributed by atoms with Gasteiger partial charge in [0.05, 0.1) is 19.3 Å². The number of urea groups is 1. The number of amides is 2. The highest BCUT2D eigenvalue weighted by molar-refractivity contribution is 5.91. The summed E-state index contributed by atoms with van der Waals surface area (Å²) in [4.78, 5) is 11.7. The minimum Gasteiger partial charge on any atom is -0.495 e. The Morgan fingerprint density at radius 3 is 2.53 bits per heavy atom. The van der Waals surface area contributed by atoms with Gasteiger partial charge >= 0.3 is 6.03 Å². The van der Waals surface area contributed by atoms with E-state index in [1.165, 1.54) is 14.2 Å². The highest BCUT2D eigenvalue weighted by Gasteiger charge is 2.10. The highest BCUT2D eigenvalue weighted by atomic mass is 16.7. The SMILES string of the molecule is COc1ccc(C)cc1NC(=O)NCC(OC)OC. The number of methoxy groups -OCH3 is 3. The lowest BCUT2D eigenvalue weighted by Gasteiger charge is -2.15. The monoisotopic (exact) mass is 268 g/mol. The summed E-state index contributed by atoms with van der Waals surface area (Å²) in [5.74, 6) is 0.607. The lowest BCUT2D eigenvalue weighted by atomic mass is 10.2. The van der Waals surface area contributed by atoms with Crippen LogP contribution in [0.3, 0.4) is 0 Å². The molecular weight excluding hydrogens is 248 g/mol. The molecule has 0 fully saturated rings.